The Bertz CT molecular complexity index is 486. The molecule has 0 spiro atoms. The number of hydrogen-bond donors (Lipinski definition) is 2. The number of carboxylic acid groups (broad SMARTS) is 1. The van der Waals surface area contributed by atoms with Crippen molar-refractivity contribution in [1.82, 2.24) is 4.90 Å². The molecule has 0 bridgehead atoms. The summed E-state index contributed by atoms with van der Waals surface area (Å²) in [5.41, 5.74) is 1.27. The molecule has 1 rings (SSSR count). The molecule has 20 heavy (non-hydrogen) atoms. The van der Waals surface area contributed by atoms with Crippen LogP contribution in [-0.4, -0.2) is 35.1 Å². The third kappa shape index (κ3) is 4.57. The second-order valence-electron chi connectivity index (χ2n) is 5.30. The first-order valence-electron chi connectivity index (χ1n) is 6.65. The van der Waals surface area contributed by atoms with Crippen LogP contribution in [0, 0.1) is 5.92 Å². The summed E-state index contributed by atoms with van der Waals surface area (Å²) < 4.78 is 0. The van der Waals surface area contributed by atoms with Gasteiger partial charge in [0.05, 0.1) is 6.42 Å². The van der Waals surface area contributed by atoms with Gasteiger partial charge in [-0.15, -0.1) is 0 Å². The number of carbonyl (C=O) groups excluding carboxylic acids is 1. The Labute approximate surface area is 119 Å². The van der Waals surface area contributed by atoms with Gasteiger partial charge < -0.3 is 15.3 Å². The number of aliphatic carboxylic acids is 1. The molecule has 0 fully saturated rings. The Morgan fingerprint density at radius 2 is 1.95 bits per heavy atom. The predicted molar refractivity (Wildman–Crippen MR) is 78.9 cm³/mol. The monoisotopic (exact) mass is 278 g/mol. The quantitative estimate of drug-likeness (QED) is 0.870. The van der Waals surface area contributed by atoms with Gasteiger partial charge in [0.2, 0.25) is 0 Å². The number of urea groups is 1. The van der Waals surface area contributed by atoms with E-state index in [0.29, 0.717) is 17.2 Å². The number of rotatable bonds is 5. The summed E-state index contributed by atoms with van der Waals surface area (Å²) in [6, 6.07) is 6.82. The molecule has 0 saturated carbocycles. The molecule has 0 radical (unpaired) electrons. The average molecular weight is 278 g/mol. The molecule has 1 unspecified atom stereocenters. The maximum atomic E-state index is 12.1. The normalized spacial score (nSPS) is 12.1. The molecule has 2 amide bonds. The minimum absolute atomic E-state index is 0.0536. The van der Waals surface area contributed by atoms with Crippen LogP contribution < -0.4 is 5.32 Å². The van der Waals surface area contributed by atoms with Crippen LogP contribution in [0.25, 0.3) is 0 Å². The molecular formula is C15H22N2O3. The van der Waals surface area contributed by atoms with Crippen molar-refractivity contribution < 1.29 is 14.7 Å². The van der Waals surface area contributed by atoms with Crippen molar-refractivity contribution in [3.05, 3.63) is 29.8 Å². The first-order valence-corrected chi connectivity index (χ1v) is 6.65. The summed E-state index contributed by atoms with van der Waals surface area (Å²) in [6.45, 7) is 6.11. The van der Waals surface area contributed by atoms with Crippen molar-refractivity contribution in [1.29, 1.82) is 0 Å². The van der Waals surface area contributed by atoms with Crippen LogP contribution in [0.2, 0.25) is 0 Å². The Hall–Kier alpha value is -2.04. The van der Waals surface area contributed by atoms with Crippen molar-refractivity contribution in [2.45, 2.75) is 33.2 Å². The van der Waals surface area contributed by atoms with Gasteiger partial charge in [-0.3, -0.25) is 4.79 Å². The standard InChI is InChI=1S/C15H22N2O3/c1-10(2)11(3)17(4)15(20)16-13-7-5-6-12(8-13)9-14(18)19/h5-8,10-11H,9H2,1-4H3,(H,16,20)(H,18,19). The lowest BCUT2D eigenvalue weighted by molar-refractivity contribution is -0.136. The first-order chi connectivity index (χ1) is 9.31. The maximum absolute atomic E-state index is 12.1. The lowest BCUT2D eigenvalue weighted by Crippen LogP contribution is -2.40. The highest BCUT2D eigenvalue weighted by molar-refractivity contribution is 5.89. The van der Waals surface area contributed by atoms with Crippen molar-refractivity contribution in [3.8, 4) is 0 Å². The Morgan fingerprint density at radius 1 is 1.30 bits per heavy atom. The zero-order valence-electron chi connectivity index (χ0n) is 12.4. The number of carbonyl (C=O) groups is 2. The van der Waals surface area contributed by atoms with E-state index in [2.05, 4.69) is 19.2 Å². The number of anilines is 1. The van der Waals surface area contributed by atoms with Gasteiger partial charge in [0.15, 0.2) is 0 Å². The average Bonchev–Trinajstić information content (AvgIpc) is 2.36. The summed E-state index contributed by atoms with van der Waals surface area (Å²) >= 11 is 0. The van der Waals surface area contributed by atoms with E-state index in [0.717, 1.165) is 0 Å². The minimum Gasteiger partial charge on any atom is -0.481 e. The molecule has 0 saturated heterocycles. The van der Waals surface area contributed by atoms with E-state index in [1.807, 2.05) is 6.92 Å². The first kappa shape index (κ1) is 16.0. The van der Waals surface area contributed by atoms with Gasteiger partial charge in [0.25, 0.3) is 0 Å². The topological polar surface area (TPSA) is 69.6 Å². The maximum Gasteiger partial charge on any atom is 0.321 e. The minimum atomic E-state index is -0.890. The van der Waals surface area contributed by atoms with Gasteiger partial charge in [-0.1, -0.05) is 26.0 Å². The van der Waals surface area contributed by atoms with Crippen molar-refractivity contribution in [2.24, 2.45) is 5.92 Å². The van der Waals surface area contributed by atoms with Crippen LogP contribution >= 0.6 is 0 Å². The highest BCUT2D eigenvalue weighted by Crippen LogP contribution is 2.14. The number of benzene rings is 1. The second-order valence-corrected chi connectivity index (χ2v) is 5.30. The van der Waals surface area contributed by atoms with Crippen LogP contribution in [0.15, 0.2) is 24.3 Å². The molecule has 110 valence electrons. The molecule has 0 aliphatic carbocycles. The number of hydrogen-bond acceptors (Lipinski definition) is 2. The Morgan fingerprint density at radius 3 is 2.50 bits per heavy atom. The molecule has 2 N–H and O–H groups in total. The van der Waals surface area contributed by atoms with E-state index in [4.69, 9.17) is 5.11 Å². The van der Waals surface area contributed by atoms with E-state index in [-0.39, 0.29) is 18.5 Å². The lowest BCUT2D eigenvalue weighted by atomic mass is 10.1. The Balaban J connectivity index is 2.73. The summed E-state index contributed by atoms with van der Waals surface area (Å²) in [7, 11) is 1.75. The molecule has 5 nitrogen and oxygen atoms in total. The van der Waals surface area contributed by atoms with Gasteiger partial charge in [-0.25, -0.2) is 4.79 Å². The van der Waals surface area contributed by atoms with E-state index >= 15 is 0 Å². The molecule has 0 aliphatic rings. The van der Waals surface area contributed by atoms with Crippen molar-refractivity contribution >= 4 is 17.7 Å². The van der Waals surface area contributed by atoms with E-state index in [1.54, 1.807) is 36.2 Å². The lowest BCUT2D eigenvalue weighted by Gasteiger charge is -2.28. The van der Waals surface area contributed by atoms with Gasteiger partial charge >= 0.3 is 12.0 Å². The Kier molecular flexibility index (Phi) is 5.55. The molecule has 0 heterocycles. The highest BCUT2D eigenvalue weighted by atomic mass is 16.4. The molecule has 5 heteroatoms. The van der Waals surface area contributed by atoms with Gasteiger partial charge in [0, 0.05) is 18.8 Å². The fourth-order valence-corrected chi connectivity index (χ4v) is 1.78. The van der Waals surface area contributed by atoms with Crippen molar-refractivity contribution in [3.63, 3.8) is 0 Å². The van der Waals surface area contributed by atoms with Gasteiger partial charge in [-0.05, 0) is 30.5 Å². The number of amides is 2. The van der Waals surface area contributed by atoms with Crippen molar-refractivity contribution in [2.75, 3.05) is 12.4 Å². The fraction of sp³-hybridized carbons (Fsp3) is 0.467. The summed E-state index contributed by atoms with van der Waals surface area (Å²) in [4.78, 5) is 24.4. The van der Waals surface area contributed by atoms with Gasteiger partial charge in [-0.2, -0.15) is 0 Å². The third-order valence-corrected chi connectivity index (χ3v) is 3.43. The highest BCUT2D eigenvalue weighted by Gasteiger charge is 2.18. The molecule has 1 atom stereocenters. The molecule has 1 aromatic carbocycles. The summed E-state index contributed by atoms with van der Waals surface area (Å²) in [5, 5.41) is 11.6. The van der Waals surface area contributed by atoms with Crippen LogP contribution in [0.1, 0.15) is 26.3 Å². The second kappa shape index (κ2) is 6.93. The number of carboxylic acids is 1. The largest absolute Gasteiger partial charge is 0.481 e. The molecular weight excluding hydrogens is 256 g/mol. The molecule has 1 aromatic rings. The third-order valence-electron chi connectivity index (χ3n) is 3.43. The summed E-state index contributed by atoms with van der Waals surface area (Å²) in [5.74, 6) is -0.525. The van der Waals surface area contributed by atoms with Crippen LogP contribution in [0.4, 0.5) is 10.5 Å². The zero-order valence-corrected chi connectivity index (χ0v) is 12.4. The SMILES string of the molecule is CC(C)C(C)N(C)C(=O)Nc1cccc(CC(=O)O)c1. The molecule has 0 aromatic heterocycles. The predicted octanol–water partition coefficient (Wildman–Crippen LogP) is 2.82. The zero-order chi connectivity index (χ0) is 15.3. The smallest absolute Gasteiger partial charge is 0.321 e. The van der Waals surface area contributed by atoms with E-state index in [9.17, 15) is 9.59 Å². The number of nitrogens with zero attached hydrogens (tertiary/aromatic N) is 1. The summed E-state index contributed by atoms with van der Waals surface area (Å²) in [6.07, 6.45) is -0.0536. The van der Waals surface area contributed by atoms with E-state index < -0.39 is 5.97 Å². The van der Waals surface area contributed by atoms with Crippen LogP contribution in [-0.2, 0) is 11.2 Å². The van der Waals surface area contributed by atoms with Crippen LogP contribution in [0.3, 0.4) is 0 Å². The van der Waals surface area contributed by atoms with E-state index in [1.165, 1.54) is 0 Å². The van der Waals surface area contributed by atoms with Gasteiger partial charge in [0.1, 0.15) is 0 Å². The molecule has 0 aliphatic heterocycles. The van der Waals surface area contributed by atoms with Crippen LogP contribution in [0.5, 0.6) is 0 Å². The number of nitrogens with one attached hydrogen (secondary N) is 1. The fourth-order valence-electron chi connectivity index (χ4n) is 1.78.